The molecule has 0 heterocycles. The largest absolute Gasteiger partial charge is 0.332 e. The zero-order chi connectivity index (χ0) is 17.0. The molecule has 2 N–H and O–H groups in total. The SMILES string of the molecule is Cc1ccc(NC(=S)NC(=O)c2cccc([N+](=O)[O-])c2)cc1C. The van der Waals surface area contributed by atoms with Crippen LogP contribution in [0.2, 0.25) is 0 Å². The van der Waals surface area contributed by atoms with Crippen molar-refractivity contribution in [1.82, 2.24) is 5.32 Å². The van der Waals surface area contributed by atoms with Crippen molar-refractivity contribution in [1.29, 1.82) is 0 Å². The summed E-state index contributed by atoms with van der Waals surface area (Å²) < 4.78 is 0. The van der Waals surface area contributed by atoms with Crippen molar-refractivity contribution in [2.45, 2.75) is 13.8 Å². The molecule has 0 saturated carbocycles. The topological polar surface area (TPSA) is 84.3 Å². The second-order valence-corrected chi connectivity index (χ2v) is 5.42. The molecule has 2 aromatic rings. The zero-order valence-electron chi connectivity index (χ0n) is 12.6. The second-order valence-electron chi connectivity index (χ2n) is 5.01. The molecule has 1 amide bonds. The van der Waals surface area contributed by atoms with E-state index < -0.39 is 10.8 Å². The molecule has 0 aliphatic heterocycles. The lowest BCUT2D eigenvalue weighted by molar-refractivity contribution is -0.384. The predicted octanol–water partition coefficient (Wildman–Crippen LogP) is 3.34. The molecule has 0 radical (unpaired) electrons. The van der Waals surface area contributed by atoms with E-state index in [0.29, 0.717) is 0 Å². The van der Waals surface area contributed by atoms with Gasteiger partial charge in [-0.3, -0.25) is 20.2 Å². The van der Waals surface area contributed by atoms with E-state index in [9.17, 15) is 14.9 Å². The van der Waals surface area contributed by atoms with Gasteiger partial charge < -0.3 is 5.32 Å². The van der Waals surface area contributed by atoms with Gasteiger partial charge in [0.15, 0.2) is 5.11 Å². The summed E-state index contributed by atoms with van der Waals surface area (Å²) in [6, 6.07) is 11.2. The molecule has 23 heavy (non-hydrogen) atoms. The van der Waals surface area contributed by atoms with Crippen LogP contribution in [0.5, 0.6) is 0 Å². The van der Waals surface area contributed by atoms with Crippen LogP contribution in [0, 0.1) is 24.0 Å². The fourth-order valence-corrected chi connectivity index (χ4v) is 2.13. The predicted molar refractivity (Wildman–Crippen MR) is 92.7 cm³/mol. The quantitative estimate of drug-likeness (QED) is 0.512. The molecule has 7 heteroatoms. The van der Waals surface area contributed by atoms with Gasteiger partial charge in [-0.05, 0) is 55.4 Å². The Morgan fingerprint density at radius 1 is 1.13 bits per heavy atom. The number of nitro groups is 1. The van der Waals surface area contributed by atoms with Crippen LogP contribution in [-0.4, -0.2) is 15.9 Å². The van der Waals surface area contributed by atoms with Crippen LogP contribution in [0.25, 0.3) is 0 Å². The Morgan fingerprint density at radius 3 is 2.52 bits per heavy atom. The molecule has 118 valence electrons. The number of thiocarbonyl (C=S) groups is 1. The monoisotopic (exact) mass is 329 g/mol. The van der Waals surface area contributed by atoms with Gasteiger partial charge in [0.2, 0.25) is 0 Å². The van der Waals surface area contributed by atoms with Crippen molar-refractivity contribution in [3.63, 3.8) is 0 Å². The fourth-order valence-electron chi connectivity index (χ4n) is 1.92. The van der Waals surface area contributed by atoms with Crippen LogP contribution >= 0.6 is 12.2 Å². The minimum atomic E-state index is -0.553. The third kappa shape index (κ3) is 4.33. The summed E-state index contributed by atoms with van der Waals surface area (Å²) in [4.78, 5) is 22.3. The van der Waals surface area contributed by atoms with E-state index in [1.807, 2.05) is 32.0 Å². The Bertz CT molecular complexity index is 790. The van der Waals surface area contributed by atoms with Crippen molar-refractivity contribution in [3.05, 3.63) is 69.3 Å². The van der Waals surface area contributed by atoms with E-state index in [1.165, 1.54) is 24.3 Å². The van der Waals surface area contributed by atoms with Gasteiger partial charge in [0.25, 0.3) is 11.6 Å². The molecule has 0 bridgehead atoms. The maximum atomic E-state index is 12.1. The zero-order valence-corrected chi connectivity index (χ0v) is 13.4. The molecule has 0 atom stereocenters. The lowest BCUT2D eigenvalue weighted by atomic mass is 10.1. The number of hydrogen-bond donors (Lipinski definition) is 2. The number of carbonyl (C=O) groups excluding carboxylic acids is 1. The highest BCUT2D eigenvalue weighted by Gasteiger charge is 2.12. The molecule has 6 nitrogen and oxygen atoms in total. The summed E-state index contributed by atoms with van der Waals surface area (Å²) in [6.45, 7) is 3.98. The number of nitro benzene ring substituents is 1. The summed E-state index contributed by atoms with van der Waals surface area (Å²) in [5.74, 6) is -0.505. The molecule has 0 spiro atoms. The second kappa shape index (κ2) is 6.97. The number of nitrogens with one attached hydrogen (secondary N) is 2. The van der Waals surface area contributed by atoms with E-state index in [-0.39, 0.29) is 16.4 Å². The Kier molecular flexibility index (Phi) is 5.02. The van der Waals surface area contributed by atoms with Gasteiger partial charge in [-0.1, -0.05) is 12.1 Å². The molecule has 0 aromatic heterocycles. The number of amides is 1. The smallest absolute Gasteiger partial charge is 0.270 e. The molecular formula is C16H15N3O3S. The van der Waals surface area contributed by atoms with Gasteiger partial charge in [-0.15, -0.1) is 0 Å². The van der Waals surface area contributed by atoms with Gasteiger partial charge >= 0.3 is 0 Å². The van der Waals surface area contributed by atoms with Gasteiger partial charge in [0, 0.05) is 23.4 Å². The van der Waals surface area contributed by atoms with Crippen LogP contribution in [-0.2, 0) is 0 Å². The number of nitrogens with zero attached hydrogens (tertiary/aromatic N) is 1. The maximum absolute atomic E-state index is 12.1. The summed E-state index contributed by atoms with van der Waals surface area (Å²) in [6.07, 6.45) is 0. The first kappa shape index (κ1) is 16.6. The Labute approximate surface area is 138 Å². The minimum Gasteiger partial charge on any atom is -0.332 e. The fraction of sp³-hybridized carbons (Fsp3) is 0.125. The molecule has 0 fully saturated rings. The van der Waals surface area contributed by atoms with E-state index >= 15 is 0 Å². The standard InChI is InChI=1S/C16H15N3O3S/c1-10-6-7-13(8-11(10)2)17-16(23)18-15(20)12-4-3-5-14(9-12)19(21)22/h3-9H,1-2H3,(H2,17,18,20,23). The molecule has 2 aromatic carbocycles. The molecule has 0 aliphatic rings. The first-order chi connectivity index (χ1) is 10.9. The minimum absolute atomic E-state index is 0.129. The number of aryl methyl sites for hydroxylation is 2. The van der Waals surface area contributed by atoms with Crippen molar-refractivity contribution >= 4 is 34.6 Å². The van der Waals surface area contributed by atoms with Crippen LogP contribution < -0.4 is 10.6 Å². The number of rotatable bonds is 3. The van der Waals surface area contributed by atoms with Gasteiger partial charge in [0.1, 0.15) is 0 Å². The van der Waals surface area contributed by atoms with Crippen molar-refractivity contribution in [3.8, 4) is 0 Å². The summed E-state index contributed by atoms with van der Waals surface area (Å²) in [7, 11) is 0. The Balaban J connectivity index is 2.04. The Morgan fingerprint density at radius 2 is 1.87 bits per heavy atom. The van der Waals surface area contributed by atoms with E-state index in [1.54, 1.807) is 0 Å². The van der Waals surface area contributed by atoms with E-state index in [4.69, 9.17) is 12.2 Å². The number of carbonyl (C=O) groups is 1. The normalized spacial score (nSPS) is 10.0. The van der Waals surface area contributed by atoms with Crippen LogP contribution in [0.3, 0.4) is 0 Å². The number of benzene rings is 2. The van der Waals surface area contributed by atoms with Gasteiger partial charge in [-0.2, -0.15) is 0 Å². The maximum Gasteiger partial charge on any atom is 0.270 e. The van der Waals surface area contributed by atoms with Crippen LogP contribution in [0.1, 0.15) is 21.5 Å². The number of hydrogen-bond acceptors (Lipinski definition) is 4. The third-order valence-corrected chi connectivity index (χ3v) is 3.52. The molecule has 2 rings (SSSR count). The molecule has 0 aliphatic carbocycles. The van der Waals surface area contributed by atoms with Crippen molar-refractivity contribution < 1.29 is 9.72 Å². The van der Waals surface area contributed by atoms with Gasteiger partial charge in [-0.25, -0.2) is 0 Å². The average molecular weight is 329 g/mol. The van der Waals surface area contributed by atoms with E-state index in [2.05, 4.69) is 10.6 Å². The van der Waals surface area contributed by atoms with E-state index in [0.717, 1.165) is 16.8 Å². The highest BCUT2D eigenvalue weighted by Crippen LogP contribution is 2.15. The lowest BCUT2D eigenvalue weighted by Crippen LogP contribution is -2.34. The Hall–Kier alpha value is -2.80. The highest BCUT2D eigenvalue weighted by molar-refractivity contribution is 7.80. The first-order valence-electron chi connectivity index (χ1n) is 6.81. The first-order valence-corrected chi connectivity index (χ1v) is 7.21. The number of anilines is 1. The van der Waals surface area contributed by atoms with Gasteiger partial charge in [0.05, 0.1) is 4.92 Å². The molecular weight excluding hydrogens is 314 g/mol. The van der Waals surface area contributed by atoms with Crippen LogP contribution in [0.15, 0.2) is 42.5 Å². The summed E-state index contributed by atoms with van der Waals surface area (Å²) in [5, 5.41) is 16.3. The molecule has 0 unspecified atom stereocenters. The molecule has 0 saturated heterocycles. The number of non-ortho nitro benzene ring substituents is 1. The summed E-state index contributed by atoms with van der Waals surface area (Å²) >= 11 is 5.10. The van der Waals surface area contributed by atoms with Crippen molar-refractivity contribution in [2.75, 3.05) is 5.32 Å². The lowest BCUT2D eigenvalue weighted by Gasteiger charge is -2.11. The highest BCUT2D eigenvalue weighted by atomic mass is 32.1. The third-order valence-electron chi connectivity index (χ3n) is 3.31. The van der Waals surface area contributed by atoms with Crippen LogP contribution in [0.4, 0.5) is 11.4 Å². The average Bonchev–Trinajstić information content (AvgIpc) is 2.51. The van der Waals surface area contributed by atoms with Crippen molar-refractivity contribution in [2.24, 2.45) is 0 Å². The summed E-state index contributed by atoms with van der Waals surface area (Å²) in [5.41, 5.74) is 3.04.